The zero-order valence-corrected chi connectivity index (χ0v) is 18.1. The number of phenolic OH excluding ortho intramolecular Hbond substituents is 1. The summed E-state index contributed by atoms with van der Waals surface area (Å²) in [6.07, 6.45) is 2.29. The lowest BCUT2D eigenvalue weighted by molar-refractivity contribution is -0.121. The lowest BCUT2D eigenvalue weighted by Crippen LogP contribution is -2.12. The highest BCUT2D eigenvalue weighted by Gasteiger charge is 2.12. The predicted molar refractivity (Wildman–Crippen MR) is 115 cm³/mol. The SMILES string of the molecule is Cc1cc(OCC(=O)CCC(C)C)cc(C)c1Cc1ccc(O)c(C(C)C)c1. The van der Waals surface area contributed by atoms with Crippen molar-refractivity contribution in [1.82, 2.24) is 0 Å². The Kier molecular flexibility index (Phi) is 7.68. The van der Waals surface area contributed by atoms with Crippen molar-refractivity contribution in [3.63, 3.8) is 0 Å². The van der Waals surface area contributed by atoms with Gasteiger partial charge in [-0.3, -0.25) is 4.79 Å². The van der Waals surface area contributed by atoms with E-state index in [0.29, 0.717) is 18.1 Å². The van der Waals surface area contributed by atoms with Crippen molar-refractivity contribution in [3.05, 3.63) is 58.1 Å². The Balaban J connectivity index is 2.10. The lowest BCUT2D eigenvalue weighted by atomic mass is 9.93. The molecule has 0 spiro atoms. The Hall–Kier alpha value is -2.29. The third-order valence-corrected chi connectivity index (χ3v) is 5.16. The number of ketones is 1. The number of rotatable bonds is 9. The van der Waals surface area contributed by atoms with E-state index in [2.05, 4.69) is 47.6 Å². The van der Waals surface area contributed by atoms with E-state index in [1.807, 2.05) is 18.2 Å². The molecular weight excluding hydrogens is 348 g/mol. The maximum Gasteiger partial charge on any atom is 0.170 e. The third-order valence-electron chi connectivity index (χ3n) is 5.16. The van der Waals surface area contributed by atoms with Crippen LogP contribution in [0.25, 0.3) is 0 Å². The number of ether oxygens (including phenoxy) is 1. The molecule has 0 radical (unpaired) electrons. The zero-order chi connectivity index (χ0) is 20.8. The summed E-state index contributed by atoms with van der Waals surface area (Å²) in [4.78, 5) is 12.0. The molecule has 0 saturated heterocycles. The molecule has 0 fully saturated rings. The van der Waals surface area contributed by atoms with Gasteiger partial charge >= 0.3 is 0 Å². The molecule has 1 N–H and O–H groups in total. The topological polar surface area (TPSA) is 46.5 Å². The van der Waals surface area contributed by atoms with E-state index in [4.69, 9.17) is 4.74 Å². The molecule has 28 heavy (non-hydrogen) atoms. The fraction of sp³-hybridized carbons (Fsp3) is 0.480. The third kappa shape index (κ3) is 6.12. The van der Waals surface area contributed by atoms with Crippen molar-refractivity contribution in [2.24, 2.45) is 5.92 Å². The summed E-state index contributed by atoms with van der Waals surface area (Å²) in [5, 5.41) is 10.0. The summed E-state index contributed by atoms with van der Waals surface area (Å²) >= 11 is 0. The monoisotopic (exact) mass is 382 g/mol. The van der Waals surface area contributed by atoms with Crippen molar-refractivity contribution in [3.8, 4) is 11.5 Å². The van der Waals surface area contributed by atoms with Crippen LogP contribution in [0.15, 0.2) is 30.3 Å². The van der Waals surface area contributed by atoms with E-state index in [9.17, 15) is 9.90 Å². The van der Waals surface area contributed by atoms with Gasteiger partial charge in [-0.05, 0) is 84.5 Å². The van der Waals surface area contributed by atoms with Crippen LogP contribution in [0.4, 0.5) is 0 Å². The first kappa shape index (κ1) is 22.0. The van der Waals surface area contributed by atoms with Crippen LogP contribution in [0.1, 0.15) is 74.3 Å². The molecule has 2 rings (SSSR count). The minimum atomic E-state index is 0.140. The van der Waals surface area contributed by atoms with Crippen LogP contribution in [0.3, 0.4) is 0 Å². The number of Topliss-reactive ketones (excluding diaryl/α,β-unsaturated/α-hetero) is 1. The summed E-state index contributed by atoms with van der Waals surface area (Å²) in [5.41, 5.74) is 5.74. The molecule has 0 bridgehead atoms. The van der Waals surface area contributed by atoms with Crippen LogP contribution in [0.2, 0.25) is 0 Å². The fourth-order valence-corrected chi connectivity index (χ4v) is 3.38. The fourth-order valence-electron chi connectivity index (χ4n) is 3.38. The Labute approximate surface area is 169 Å². The molecule has 3 nitrogen and oxygen atoms in total. The van der Waals surface area contributed by atoms with E-state index >= 15 is 0 Å². The van der Waals surface area contributed by atoms with E-state index in [-0.39, 0.29) is 18.3 Å². The summed E-state index contributed by atoms with van der Waals surface area (Å²) in [6.45, 7) is 12.7. The second-order valence-electron chi connectivity index (χ2n) is 8.52. The highest BCUT2D eigenvalue weighted by molar-refractivity contribution is 5.79. The highest BCUT2D eigenvalue weighted by atomic mass is 16.5. The highest BCUT2D eigenvalue weighted by Crippen LogP contribution is 2.29. The molecule has 2 aromatic carbocycles. The molecule has 0 aliphatic carbocycles. The molecule has 152 valence electrons. The van der Waals surface area contributed by atoms with E-state index in [0.717, 1.165) is 35.3 Å². The predicted octanol–water partition coefficient (Wildman–Crippen LogP) is 6.11. The second kappa shape index (κ2) is 9.77. The van der Waals surface area contributed by atoms with Gasteiger partial charge in [0.15, 0.2) is 5.78 Å². The Morgan fingerprint density at radius 3 is 2.25 bits per heavy atom. The first-order chi connectivity index (χ1) is 13.2. The normalized spacial score (nSPS) is 11.3. The largest absolute Gasteiger partial charge is 0.508 e. The summed E-state index contributed by atoms with van der Waals surface area (Å²) in [5.74, 6) is 2.08. The van der Waals surface area contributed by atoms with Crippen LogP contribution >= 0.6 is 0 Å². The smallest absolute Gasteiger partial charge is 0.170 e. The van der Waals surface area contributed by atoms with Crippen molar-refractivity contribution in [2.75, 3.05) is 6.61 Å². The molecule has 0 amide bonds. The lowest BCUT2D eigenvalue weighted by Gasteiger charge is -2.15. The number of aromatic hydroxyl groups is 1. The average Bonchev–Trinajstić information content (AvgIpc) is 2.62. The minimum absolute atomic E-state index is 0.140. The number of phenols is 1. The van der Waals surface area contributed by atoms with Gasteiger partial charge in [-0.25, -0.2) is 0 Å². The maximum atomic E-state index is 12.0. The standard InChI is InChI=1S/C25H34O3/c1-16(2)7-9-21(26)15-28-22-11-18(5)24(19(6)12-22)14-20-8-10-25(27)23(13-20)17(3)4/h8,10-13,16-17,27H,7,9,14-15H2,1-6H3. The summed E-state index contributed by atoms with van der Waals surface area (Å²) in [7, 11) is 0. The molecule has 0 heterocycles. The van der Waals surface area contributed by atoms with Crippen LogP contribution in [-0.2, 0) is 11.2 Å². The number of carbonyl (C=O) groups is 1. The molecule has 0 atom stereocenters. The van der Waals surface area contributed by atoms with Gasteiger partial charge in [0.2, 0.25) is 0 Å². The van der Waals surface area contributed by atoms with Crippen LogP contribution < -0.4 is 4.74 Å². The van der Waals surface area contributed by atoms with Crippen molar-refractivity contribution in [1.29, 1.82) is 0 Å². The molecule has 0 aromatic heterocycles. The molecule has 0 saturated carbocycles. The van der Waals surface area contributed by atoms with Gasteiger partial charge in [0, 0.05) is 6.42 Å². The molecule has 0 unspecified atom stereocenters. The van der Waals surface area contributed by atoms with Crippen molar-refractivity contribution in [2.45, 2.75) is 66.7 Å². The molecule has 0 aliphatic heterocycles. The van der Waals surface area contributed by atoms with Gasteiger partial charge in [-0.1, -0.05) is 39.8 Å². The first-order valence-electron chi connectivity index (χ1n) is 10.2. The van der Waals surface area contributed by atoms with Crippen LogP contribution in [-0.4, -0.2) is 17.5 Å². The second-order valence-corrected chi connectivity index (χ2v) is 8.52. The Morgan fingerprint density at radius 2 is 1.68 bits per heavy atom. The average molecular weight is 383 g/mol. The summed E-state index contributed by atoms with van der Waals surface area (Å²) < 4.78 is 5.75. The van der Waals surface area contributed by atoms with Gasteiger partial charge in [0.25, 0.3) is 0 Å². The number of benzene rings is 2. The van der Waals surface area contributed by atoms with E-state index < -0.39 is 0 Å². The first-order valence-corrected chi connectivity index (χ1v) is 10.2. The van der Waals surface area contributed by atoms with E-state index in [1.54, 1.807) is 6.07 Å². The number of carbonyl (C=O) groups excluding carboxylic acids is 1. The molecular formula is C25H34O3. The molecule has 2 aromatic rings. The van der Waals surface area contributed by atoms with Crippen LogP contribution in [0, 0.1) is 19.8 Å². The summed E-state index contributed by atoms with van der Waals surface area (Å²) in [6, 6.07) is 9.90. The number of aryl methyl sites for hydroxylation is 2. The number of hydrogen-bond donors (Lipinski definition) is 1. The molecule has 3 heteroatoms. The molecule has 0 aliphatic rings. The van der Waals surface area contributed by atoms with E-state index in [1.165, 1.54) is 11.1 Å². The quantitative estimate of drug-likeness (QED) is 0.569. The van der Waals surface area contributed by atoms with Crippen molar-refractivity contribution >= 4 is 5.78 Å². The Morgan fingerprint density at radius 1 is 1.04 bits per heavy atom. The van der Waals surface area contributed by atoms with Gasteiger partial charge in [0.1, 0.15) is 18.1 Å². The van der Waals surface area contributed by atoms with Gasteiger partial charge < -0.3 is 9.84 Å². The van der Waals surface area contributed by atoms with Gasteiger partial charge in [0.05, 0.1) is 0 Å². The number of hydrogen-bond acceptors (Lipinski definition) is 3. The maximum absolute atomic E-state index is 12.0. The zero-order valence-electron chi connectivity index (χ0n) is 18.1. The van der Waals surface area contributed by atoms with Gasteiger partial charge in [-0.2, -0.15) is 0 Å². The minimum Gasteiger partial charge on any atom is -0.508 e. The van der Waals surface area contributed by atoms with Crippen LogP contribution in [0.5, 0.6) is 11.5 Å². The van der Waals surface area contributed by atoms with Crippen molar-refractivity contribution < 1.29 is 14.6 Å². The Bertz CT molecular complexity index is 796. The van der Waals surface area contributed by atoms with Gasteiger partial charge in [-0.15, -0.1) is 0 Å².